The first kappa shape index (κ1) is 282. The van der Waals surface area contributed by atoms with Crippen LogP contribution >= 0.6 is 0 Å². The van der Waals surface area contributed by atoms with Crippen LogP contribution in [0.5, 0.6) is 0 Å². The molecule has 0 spiro atoms. The van der Waals surface area contributed by atoms with E-state index in [0.717, 1.165) is 0 Å². The summed E-state index contributed by atoms with van der Waals surface area (Å²) in [5.74, 6) is 0. The molecule has 0 heterocycles. The van der Waals surface area contributed by atoms with Gasteiger partial charge < -0.3 is 38.3 Å². The molecule has 0 fully saturated rings. The molecule has 0 unspecified atom stereocenters. The van der Waals surface area contributed by atoms with E-state index in [9.17, 15) is 0 Å². The molecule has 7 nitrogen and oxygen atoms in total. The van der Waals surface area contributed by atoms with Gasteiger partial charge in [0.25, 0.3) is 0 Å². The van der Waals surface area contributed by atoms with Gasteiger partial charge in [-0.3, -0.25) is 0 Å². The Kier molecular flexibility index (Phi) is 6480. The zero-order valence-corrected chi connectivity index (χ0v) is 10.4. The van der Waals surface area contributed by atoms with E-state index in [1.54, 1.807) is 0 Å². The zero-order chi connectivity index (χ0) is 0. The van der Waals surface area contributed by atoms with Crippen LogP contribution in [0.2, 0.25) is 0 Å². The molecule has 9 heteroatoms. The molecule has 0 rings (SSSR count). The summed E-state index contributed by atoms with van der Waals surface area (Å²) < 4.78 is 0. The maximum absolute atomic E-state index is 0. The molecule has 0 saturated carbocycles. The van der Waals surface area contributed by atoms with Gasteiger partial charge >= 0.3 is 67.5 Å². The summed E-state index contributed by atoms with van der Waals surface area (Å²) in [7, 11) is 0. The number of rotatable bonds is 0. The first-order valence-electron chi connectivity index (χ1n) is 0. The van der Waals surface area contributed by atoms with Gasteiger partial charge in [-0.2, -0.15) is 0 Å². The van der Waals surface area contributed by atoms with Gasteiger partial charge in [-0.25, -0.2) is 0 Å². The van der Waals surface area contributed by atoms with Crippen molar-refractivity contribution in [3.05, 3.63) is 0 Å². The van der Waals surface area contributed by atoms with E-state index in [1.165, 1.54) is 0 Å². The van der Waals surface area contributed by atoms with Crippen molar-refractivity contribution in [2.75, 3.05) is 0 Å². The SMILES string of the molecule is [OH-].[OH-].[OH-].[OH-].[OH-].[OH-].[OH-].[Pr+3].[Zr+4]. The summed E-state index contributed by atoms with van der Waals surface area (Å²) >= 11 is 0. The van der Waals surface area contributed by atoms with Crippen LogP contribution in [0.15, 0.2) is 0 Å². The van der Waals surface area contributed by atoms with Crippen molar-refractivity contribution >= 4 is 0 Å². The van der Waals surface area contributed by atoms with Crippen molar-refractivity contribution < 1.29 is 106 Å². The number of hydrogen-bond acceptors (Lipinski definition) is 7. The summed E-state index contributed by atoms with van der Waals surface area (Å²) in [5, 5.41) is 0. The Morgan fingerprint density at radius 3 is 0.333 bits per heavy atom. The standard InChI is InChI=1S/7H2O.Pr.Zr/h7*1H2;;/q;;;;;;;+3;+4/p-7. The van der Waals surface area contributed by atoms with Crippen molar-refractivity contribution in [1.82, 2.24) is 0 Å². The van der Waals surface area contributed by atoms with Gasteiger partial charge in [0.2, 0.25) is 0 Å². The minimum atomic E-state index is 0. The van der Waals surface area contributed by atoms with Crippen LogP contribution < -0.4 is 0 Å². The van der Waals surface area contributed by atoms with Crippen LogP contribution in [0.3, 0.4) is 0 Å². The van der Waals surface area contributed by atoms with Gasteiger partial charge in [0.15, 0.2) is 0 Å². The van der Waals surface area contributed by atoms with Crippen LogP contribution in [0.1, 0.15) is 0 Å². The van der Waals surface area contributed by atoms with Gasteiger partial charge in [-0.1, -0.05) is 0 Å². The van der Waals surface area contributed by atoms with Crippen LogP contribution in [0.4, 0.5) is 0 Å². The van der Waals surface area contributed by atoms with Crippen molar-refractivity contribution in [3.63, 3.8) is 0 Å². The predicted molar refractivity (Wildman–Crippen MR) is 13.6 cm³/mol. The molecule has 0 radical (unpaired) electrons. The van der Waals surface area contributed by atoms with Gasteiger partial charge in [0.1, 0.15) is 0 Å². The second kappa shape index (κ2) is 207. The van der Waals surface area contributed by atoms with Crippen molar-refractivity contribution in [2.24, 2.45) is 0 Å². The molecule has 0 bridgehead atoms. The van der Waals surface area contributed by atoms with Crippen LogP contribution in [-0.2, 0) is 26.2 Å². The van der Waals surface area contributed by atoms with E-state index in [1.807, 2.05) is 0 Å². The fourth-order valence-corrected chi connectivity index (χ4v) is 0. The Hall–Kier alpha value is 1.97. The first-order chi connectivity index (χ1) is 0. The normalized spacial score (nSPS) is 0. The molecule has 7 N–H and O–H groups in total. The van der Waals surface area contributed by atoms with Gasteiger partial charge in [0, 0.05) is 0 Å². The van der Waals surface area contributed by atoms with Gasteiger partial charge in [-0.05, 0) is 0 Å². The molecule has 0 aliphatic rings. The van der Waals surface area contributed by atoms with Crippen molar-refractivity contribution in [2.45, 2.75) is 0 Å². The Labute approximate surface area is 104 Å². The fourth-order valence-electron chi connectivity index (χ4n) is 0. The van der Waals surface area contributed by atoms with E-state index in [2.05, 4.69) is 0 Å². The Bertz CT molecular complexity index is 8.88. The predicted octanol–water partition coefficient (Wildman–Crippen LogP) is -1.24. The molecular formula is H7O7PrZr. The second-order valence-corrected chi connectivity index (χ2v) is 0. The van der Waals surface area contributed by atoms with Gasteiger partial charge in [-0.15, -0.1) is 0 Å². The van der Waals surface area contributed by atoms with Crippen LogP contribution in [0, 0.1) is 41.3 Å². The molecule has 9 heavy (non-hydrogen) atoms. The molecular weight excluding hydrogens is 344 g/mol. The van der Waals surface area contributed by atoms with E-state index < -0.39 is 0 Å². The molecule has 56 valence electrons. The third-order valence-corrected chi connectivity index (χ3v) is 0. The maximum atomic E-state index is 0. The van der Waals surface area contributed by atoms with Gasteiger partial charge in [0.05, 0.1) is 0 Å². The fraction of sp³-hybridized carbons (Fsp3) is 0. The Morgan fingerprint density at radius 2 is 0.333 bits per heavy atom. The third-order valence-electron chi connectivity index (χ3n) is 0. The summed E-state index contributed by atoms with van der Waals surface area (Å²) in [6.45, 7) is 0. The molecule has 0 aliphatic carbocycles. The quantitative estimate of drug-likeness (QED) is 0.517. The van der Waals surface area contributed by atoms with E-state index in [-0.39, 0.29) is 106 Å². The molecule has 0 saturated heterocycles. The van der Waals surface area contributed by atoms with Crippen LogP contribution in [-0.4, -0.2) is 38.3 Å². The van der Waals surface area contributed by atoms with Crippen molar-refractivity contribution in [3.8, 4) is 0 Å². The topological polar surface area (TPSA) is 210 Å². The average Bonchev–Trinajstić information content (AvgIpc) is 0. The summed E-state index contributed by atoms with van der Waals surface area (Å²) in [5.41, 5.74) is 0. The van der Waals surface area contributed by atoms with E-state index >= 15 is 0 Å². The van der Waals surface area contributed by atoms with Crippen molar-refractivity contribution in [1.29, 1.82) is 0 Å². The number of hydrogen-bond donors (Lipinski definition) is 0. The average molecular weight is 351 g/mol. The zero-order valence-electron chi connectivity index (χ0n) is 4.21. The summed E-state index contributed by atoms with van der Waals surface area (Å²) in [6.07, 6.45) is 0. The molecule has 0 aromatic carbocycles. The molecule has 0 aliphatic heterocycles. The monoisotopic (exact) mass is 350 g/mol. The molecule has 0 atom stereocenters. The molecule has 0 aromatic heterocycles. The minimum Gasteiger partial charge on any atom is -0.870 e. The summed E-state index contributed by atoms with van der Waals surface area (Å²) in [4.78, 5) is 0. The van der Waals surface area contributed by atoms with E-state index in [4.69, 9.17) is 0 Å². The van der Waals surface area contributed by atoms with E-state index in [0.29, 0.717) is 0 Å². The second-order valence-electron chi connectivity index (χ2n) is 0. The third kappa shape index (κ3) is 164. The van der Waals surface area contributed by atoms with Crippen LogP contribution in [0.25, 0.3) is 0 Å². The summed E-state index contributed by atoms with van der Waals surface area (Å²) in [6, 6.07) is 0. The smallest absolute Gasteiger partial charge is 0.870 e. The Morgan fingerprint density at radius 1 is 0.333 bits per heavy atom. The molecule has 0 amide bonds. The molecule has 0 aromatic rings. The largest absolute Gasteiger partial charge is 4.00 e. The first-order valence-corrected chi connectivity index (χ1v) is 0. The maximum Gasteiger partial charge on any atom is 4.00 e. The minimum absolute atomic E-state index is 0. The Balaban J connectivity index is 0.